The Balaban J connectivity index is 1.98. The molecule has 0 spiro atoms. The lowest BCUT2D eigenvalue weighted by Gasteiger charge is -2.30. The fourth-order valence-corrected chi connectivity index (χ4v) is 4.85. The Morgan fingerprint density at radius 2 is 1.74 bits per heavy atom. The Bertz CT molecular complexity index is 907. The van der Waals surface area contributed by atoms with E-state index in [0.717, 1.165) is 37.9 Å². The lowest BCUT2D eigenvalue weighted by atomic mass is 10.1. The number of piperidine rings is 1. The standard InChI is InChI=1S/C20H24N2O4S/c1-15(16-8-4-2-5-9-16)21-27(25,26)19-14-17(20(23)24)10-11-18(19)22-12-6-3-7-13-22/h2,4-5,8-11,14-15,21H,3,6-7,12-13H2,1H3,(H,23,24)/t15-/m0/s1. The number of sulfonamides is 1. The van der Waals surface area contributed by atoms with Crippen molar-refractivity contribution in [2.75, 3.05) is 18.0 Å². The molecule has 1 atom stereocenters. The molecule has 1 aliphatic heterocycles. The minimum atomic E-state index is -3.90. The third kappa shape index (κ3) is 4.48. The molecule has 1 heterocycles. The maximum atomic E-state index is 13.1. The van der Waals surface area contributed by atoms with Gasteiger partial charge in [0.15, 0.2) is 0 Å². The molecular formula is C20H24N2O4S. The molecule has 0 aromatic heterocycles. The number of anilines is 1. The number of hydrogen-bond acceptors (Lipinski definition) is 4. The van der Waals surface area contributed by atoms with Gasteiger partial charge in [-0.25, -0.2) is 17.9 Å². The summed E-state index contributed by atoms with van der Waals surface area (Å²) in [5.41, 5.74) is 1.37. The minimum Gasteiger partial charge on any atom is -0.478 e. The number of nitrogens with zero attached hydrogens (tertiary/aromatic N) is 1. The largest absolute Gasteiger partial charge is 0.478 e. The van der Waals surface area contributed by atoms with Gasteiger partial charge in [0.25, 0.3) is 0 Å². The number of aromatic carboxylic acids is 1. The maximum Gasteiger partial charge on any atom is 0.335 e. The third-order valence-corrected chi connectivity index (χ3v) is 6.39. The van der Waals surface area contributed by atoms with Crippen LogP contribution in [0.3, 0.4) is 0 Å². The molecule has 0 amide bonds. The number of rotatable bonds is 6. The van der Waals surface area contributed by atoms with Gasteiger partial charge in [0.05, 0.1) is 11.3 Å². The third-order valence-electron chi connectivity index (χ3n) is 4.82. The van der Waals surface area contributed by atoms with Crippen LogP contribution in [-0.4, -0.2) is 32.6 Å². The van der Waals surface area contributed by atoms with Crippen molar-refractivity contribution >= 4 is 21.7 Å². The van der Waals surface area contributed by atoms with Crippen LogP contribution in [0.4, 0.5) is 5.69 Å². The first-order valence-corrected chi connectivity index (χ1v) is 10.6. The smallest absolute Gasteiger partial charge is 0.335 e. The molecule has 7 heteroatoms. The Morgan fingerprint density at radius 3 is 2.37 bits per heavy atom. The first-order chi connectivity index (χ1) is 12.9. The van der Waals surface area contributed by atoms with Crippen LogP contribution in [0.15, 0.2) is 53.4 Å². The van der Waals surface area contributed by atoms with E-state index in [2.05, 4.69) is 4.72 Å². The highest BCUT2D eigenvalue weighted by Crippen LogP contribution is 2.30. The summed E-state index contributed by atoms with van der Waals surface area (Å²) in [5.74, 6) is -1.15. The molecule has 6 nitrogen and oxygen atoms in total. The van der Waals surface area contributed by atoms with E-state index in [1.54, 1.807) is 13.0 Å². The van der Waals surface area contributed by atoms with Gasteiger partial charge >= 0.3 is 5.97 Å². The molecule has 0 radical (unpaired) electrons. The second-order valence-electron chi connectivity index (χ2n) is 6.79. The molecule has 0 bridgehead atoms. The van der Waals surface area contributed by atoms with E-state index in [9.17, 15) is 18.3 Å². The molecule has 1 fully saturated rings. The van der Waals surface area contributed by atoms with E-state index >= 15 is 0 Å². The van der Waals surface area contributed by atoms with Crippen LogP contribution >= 0.6 is 0 Å². The molecule has 27 heavy (non-hydrogen) atoms. The van der Waals surface area contributed by atoms with Crippen molar-refractivity contribution in [3.63, 3.8) is 0 Å². The van der Waals surface area contributed by atoms with Crippen molar-refractivity contribution in [1.29, 1.82) is 0 Å². The average molecular weight is 388 g/mol. The van der Waals surface area contributed by atoms with E-state index in [-0.39, 0.29) is 10.5 Å². The summed E-state index contributed by atoms with van der Waals surface area (Å²) in [7, 11) is -3.90. The zero-order valence-corrected chi connectivity index (χ0v) is 16.1. The predicted octanol–water partition coefficient (Wildman–Crippen LogP) is 3.41. The van der Waals surface area contributed by atoms with Crippen LogP contribution < -0.4 is 9.62 Å². The van der Waals surface area contributed by atoms with Crippen LogP contribution in [0.1, 0.15) is 48.1 Å². The molecular weight excluding hydrogens is 364 g/mol. The van der Waals surface area contributed by atoms with Gasteiger partial charge in [0, 0.05) is 19.1 Å². The summed E-state index contributed by atoms with van der Waals surface area (Å²) < 4.78 is 28.9. The monoisotopic (exact) mass is 388 g/mol. The second-order valence-corrected chi connectivity index (χ2v) is 8.47. The van der Waals surface area contributed by atoms with E-state index in [4.69, 9.17) is 0 Å². The quantitative estimate of drug-likeness (QED) is 0.792. The Morgan fingerprint density at radius 1 is 1.07 bits per heavy atom. The molecule has 144 valence electrons. The lowest BCUT2D eigenvalue weighted by Crippen LogP contribution is -2.33. The summed E-state index contributed by atoms with van der Waals surface area (Å²) in [6, 6.07) is 13.2. The van der Waals surface area contributed by atoms with Gasteiger partial charge in [-0.3, -0.25) is 0 Å². The number of carboxylic acids is 1. The van der Waals surface area contributed by atoms with E-state index in [1.807, 2.05) is 35.2 Å². The van der Waals surface area contributed by atoms with Crippen molar-refractivity contribution in [2.45, 2.75) is 37.1 Å². The zero-order chi connectivity index (χ0) is 19.4. The number of benzene rings is 2. The van der Waals surface area contributed by atoms with Crippen molar-refractivity contribution in [1.82, 2.24) is 4.72 Å². The van der Waals surface area contributed by atoms with Crippen LogP contribution in [0.25, 0.3) is 0 Å². The zero-order valence-electron chi connectivity index (χ0n) is 15.3. The van der Waals surface area contributed by atoms with Gasteiger partial charge in [-0.15, -0.1) is 0 Å². The minimum absolute atomic E-state index is 0.0204. The summed E-state index contributed by atoms with van der Waals surface area (Å²) in [4.78, 5) is 13.4. The average Bonchev–Trinajstić information content (AvgIpc) is 2.68. The maximum absolute atomic E-state index is 13.1. The fourth-order valence-electron chi connectivity index (χ4n) is 3.36. The molecule has 0 saturated carbocycles. The Hall–Kier alpha value is -2.38. The first-order valence-electron chi connectivity index (χ1n) is 9.08. The highest BCUT2D eigenvalue weighted by atomic mass is 32.2. The van der Waals surface area contributed by atoms with Gasteiger partial charge in [0.1, 0.15) is 4.90 Å². The highest BCUT2D eigenvalue weighted by molar-refractivity contribution is 7.89. The highest BCUT2D eigenvalue weighted by Gasteiger charge is 2.26. The molecule has 0 unspecified atom stereocenters. The van der Waals surface area contributed by atoms with Crippen LogP contribution in [0.5, 0.6) is 0 Å². The lowest BCUT2D eigenvalue weighted by molar-refractivity contribution is 0.0696. The summed E-state index contributed by atoms with van der Waals surface area (Å²) in [6.45, 7) is 3.31. The predicted molar refractivity (Wildman–Crippen MR) is 105 cm³/mol. The molecule has 2 N–H and O–H groups in total. The molecule has 3 rings (SSSR count). The number of carboxylic acid groups (broad SMARTS) is 1. The number of carbonyl (C=O) groups is 1. The van der Waals surface area contributed by atoms with Crippen LogP contribution in [0.2, 0.25) is 0 Å². The molecule has 2 aromatic carbocycles. The van der Waals surface area contributed by atoms with Crippen LogP contribution in [0, 0.1) is 0 Å². The van der Waals surface area contributed by atoms with Crippen molar-refractivity contribution in [2.24, 2.45) is 0 Å². The molecule has 2 aromatic rings. The normalized spacial score (nSPS) is 16.1. The summed E-state index contributed by atoms with van der Waals surface area (Å²) in [6.07, 6.45) is 3.11. The van der Waals surface area contributed by atoms with Gasteiger partial charge in [0.2, 0.25) is 10.0 Å². The SMILES string of the molecule is C[C@H](NS(=O)(=O)c1cc(C(=O)O)ccc1N1CCCCC1)c1ccccc1. The molecule has 1 saturated heterocycles. The van der Waals surface area contributed by atoms with Crippen molar-refractivity contribution in [3.05, 3.63) is 59.7 Å². The summed E-state index contributed by atoms with van der Waals surface area (Å²) in [5, 5.41) is 9.31. The van der Waals surface area contributed by atoms with Crippen LogP contribution in [-0.2, 0) is 10.0 Å². The molecule has 0 aliphatic carbocycles. The van der Waals surface area contributed by atoms with Gasteiger partial charge in [-0.05, 0) is 49.9 Å². The Kier molecular flexibility index (Phi) is 5.82. The number of hydrogen-bond donors (Lipinski definition) is 2. The topological polar surface area (TPSA) is 86.7 Å². The van der Waals surface area contributed by atoms with Gasteiger partial charge < -0.3 is 10.0 Å². The van der Waals surface area contributed by atoms with Gasteiger partial charge in [-0.2, -0.15) is 0 Å². The van der Waals surface area contributed by atoms with Crippen molar-refractivity contribution < 1.29 is 18.3 Å². The fraction of sp³-hybridized carbons (Fsp3) is 0.350. The second kappa shape index (κ2) is 8.10. The number of nitrogens with one attached hydrogen (secondary N) is 1. The van der Waals surface area contributed by atoms with E-state index in [0.29, 0.717) is 5.69 Å². The molecule has 1 aliphatic rings. The van der Waals surface area contributed by atoms with E-state index < -0.39 is 22.0 Å². The van der Waals surface area contributed by atoms with Gasteiger partial charge in [-0.1, -0.05) is 30.3 Å². The summed E-state index contributed by atoms with van der Waals surface area (Å²) >= 11 is 0. The van der Waals surface area contributed by atoms with E-state index in [1.165, 1.54) is 12.1 Å². The van der Waals surface area contributed by atoms with Crippen molar-refractivity contribution in [3.8, 4) is 0 Å². The first kappa shape index (κ1) is 19.4. The Labute approximate surface area is 159 Å².